The van der Waals surface area contributed by atoms with Crippen molar-refractivity contribution in [1.29, 1.82) is 0 Å². The molecule has 0 aliphatic carbocycles. The number of hydrogen-bond acceptors (Lipinski definition) is 4. The van der Waals surface area contributed by atoms with Crippen LogP contribution in [0.5, 0.6) is 0 Å². The fraction of sp³-hybridized carbons (Fsp3) is 0.194. The number of aromatic nitrogens is 2. The number of benzene rings is 4. The van der Waals surface area contributed by atoms with Crippen molar-refractivity contribution < 1.29 is 13.7 Å². The predicted molar refractivity (Wildman–Crippen MR) is 149 cm³/mol. The summed E-state index contributed by atoms with van der Waals surface area (Å²) in [5, 5.41) is 2.21. The van der Waals surface area contributed by atoms with Crippen LogP contribution in [0.4, 0.5) is 0 Å². The van der Waals surface area contributed by atoms with Crippen LogP contribution in [0.2, 0.25) is 0 Å². The Morgan fingerprint density at radius 2 is 1.41 bits per heavy atom. The van der Waals surface area contributed by atoms with Crippen LogP contribution >= 0.6 is 0 Å². The second-order valence-electron chi connectivity index (χ2n) is 10.7. The van der Waals surface area contributed by atoms with E-state index in [-0.39, 0.29) is 0 Å². The van der Waals surface area contributed by atoms with E-state index in [1.807, 2.05) is 42.5 Å². The van der Waals surface area contributed by atoms with Crippen molar-refractivity contribution in [2.45, 2.75) is 38.9 Å². The summed E-state index contributed by atoms with van der Waals surface area (Å²) in [4.78, 5) is 4.83. The van der Waals surface area contributed by atoms with Crippen LogP contribution in [0.1, 0.15) is 27.7 Å². The van der Waals surface area contributed by atoms with E-state index in [9.17, 15) is 0 Å². The van der Waals surface area contributed by atoms with Crippen molar-refractivity contribution in [3.8, 4) is 17.1 Å². The molecule has 3 heterocycles. The van der Waals surface area contributed by atoms with Crippen molar-refractivity contribution in [3.05, 3.63) is 91.0 Å². The number of rotatable bonds is 3. The molecule has 1 fully saturated rings. The summed E-state index contributed by atoms with van der Waals surface area (Å²) < 4.78 is 21.5. The fourth-order valence-corrected chi connectivity index (χ4v) is 5.18. The van der Waals surface area contributed by atoms with Crippen LogP contribution in [-0.4, -0.2) is 27.9 Å². The van der Waals surface area contributed by atoms with Gasteiger partial charge in [0.15, 0.2) is 5.58 Å². The van der Waals surface area contributed by atoms with E-state index in [2.05, 4.69) is 80.8 Å². The van der Waals surface area contributed by atoms with Crippen LogP contribution in [0, 0.1) is 0 Å². The first-order chi connectivity index (χ1) is 17.8. The molecule has 1 aliphatic rings. The molecule has 0 amide bonds. The highest BCUT2D eigenvalue weighted by Gasteiger charge is 2.51. The lowest BCUT2D eigenvalue weighted by atomic mass is 9.78. The van der Waals surface area contributed by atoms with Crippen molar-refractivity contribution in [1.82, 2.24) is 9.55 Å². The molecule has 0 radical (unpaired) electrons. The molecule has 6 heteroatoms. The Labute approximate surface area is 215 Å². The molecule has 182 valence electrons. The molecule has 0 saturated carbocycles. The summed E-state index contributed by atoms with van der Waals surface area (Å²) in [6.45, 7) is 8.32. The highest BCUT2D eigenvalue weighted by molar-refractivity contribution is 6.62. The monoisotopic (exact) mass is 486 g/mol. The molecule has 2 aromatic heterocycles. The maximum Gasteiger partial charge on any atom is 0.494 e. The number of oxazole rings is 1. The number of fused-ring (bicyclic) bond motifs is 5. The number of para-hydroxylation sites is 1. The SMILES string of the molecule is CC1(C)OB(c2ccc3c(c2)c2ccc4nc(-c5ccccc5)oc4c2n3-c2ccccc2)OC1(C)C. The summed E-state index contributed by atoms with van der Waals surface area (Å²) in [5.74, 6) is 0.617. The van der Waals surface area contributed by atoms with Crippen LogP contribution in [-0.2, 0) is 9.31 Å². The molecule has 0 bridgehead atoms. The van der Waals surface area contributed by atoms with E-state index in [0.717, 1.165) is 49.6 Å². The Balaban J connectivity index is 1.50. The minimum Gasteiger partial charge on any atom is -0.434 e. The largest absolute Gasteiger partial charge is 0.494 e. The minimum absolute atomic E-state index is 0.398. The van der Waals surface area contributed by atoms with Crippen LogP contribution in [0.3, 0.4) is 0 Å². The third-order valence-corrected chi connectivity index (χ3v) is 7.87. The van der Waals surface area contributed by atoms with Crippen molar-refractivity contribution in [2.24, 2.45) is 0 Å². The molecule has 1 saturated heterocycles. The maximum atomic E-state index is 6.46. The topological polar surface area (TPSA) is 49.4 Å². The second-order valence-corrected chi connectivity index (χ2v) is 10.7. The van der Waals surface area contributed by atoms with Crippen molar-refractivity contribution >= 4 is 45.5 Å². The van der Waals surface area contributed by atoms with Crippen molar-refractivity contribution in [3.63, 3.8) is 0 Å². The van der Waals surface area contributed by atoms with E-state index in [0.29, 0.717) is 5.89 Å². The van der Waals surface area contributed by atoms with Crippen LogP contribution in [0.25, 0.3) is 50.0 Å². The van der Waals surface area contributed by atoms with Gasteiger partial charge in [-0.3, -0.25) is 0 Å². The number of nitrogens with zero attached hydrogens (tertiary/aromatic N) is 2. The van der Waals surface area contributed by atoms with Gasteiger partial charge in [-0.15, -0.1) is 0 Å². The lowest BCUT2D eigenvalue weighted by molar-refractivity contribution is 0.00578. The molecule has 37 heavy (non-hydrogen) atoms. The summed E-state index contributed by atoms with van der Waals surface area (Å²) in [5.41, 5.74) is 5.92. The Bertz CT molecular complexity index is 1770. The summed E-state index contributed by atoms with van der Waals surface area (Å²) in [6, 6.07) is 31.1. The highest BCUT2D eigenvalue weighted by Crippen LogP contribution is 2.39. The summed E-state index contributed by atoms with van der Waals surface area (Å²) in [6.07, 6.45) is 0. The summed E-state index contributed by atoms with van der Waals surface area (Å²) >= 11 is 0. The molecular weight excluding hydrogens is 459 g/mol. The molecule has 4 aromatic carbocycles. The van der Waals surface area contributed by atoms with Gasteiger partial charge < -0.3 is 18.3 Å². The first-order valence-electron chi connectivity index (χ1n) is 12.7. The van der Waals surface area contributed by atoms with Gasteiger partial charge in [0.1, 0.15) is 5.52 Å². The van der Waals surface area contributed by atoms with Gasteiger partial charge in [-0.1, -0.05) is 48.5 Å². The lowest BCUT2D eigenvalue weighted by Crippen LogP contribution is -2.41. The highest BCUT2D eigenvalue weighted by atomic mass is 16.7. The van der Waals surface area contributed by atoms with Gasteiger partial charge in [0.05, 0.1) is 22.2 Å². The fourth-order valence-electron chi connectivity index (χ4n) is 5.18. The Morgan fingerprint density at radius 3 is 2.11 bits per heavy atom. The zero-order valence-corrected chi connectivity index (χ0v) is 21.4. The smallest absolute Gasteiger partial charge is 0.434 e. The summed E-state index contributed by atoms with van der Waals surface area (Å²) in [7, 11) is -0.428. The molecule has 7 rings (SSSR count). The van der Waals surface area contributed by atoms with Crippen molar-refractivity contribution in [2.75, 3.05) is 0 Å². The van der Waals surface area contributed by atoms with Gasteiger partial charge in [0, 0.05) is 22.0 Å². The average Bonchev–Trinajstić information content (AvgIpc) is 3.54. The molecule has 0 spiro atoms. The predicted octanol–water partition coefficient (Wildman–Crippen LogP) is 6.89. The van der Waals surface area contributed by atoms with E-state index < -0.39 is 18.3 Å². The van der Waals surface area contributed by atoms with Crippen LogP contribution in [0.15, 0.2) is 95.4 Å². The van der Waals surface area contributed by atoms with E-state index in [1.54, 1.807) is 0 Å². The first kappa shape index (κ1) is 22.3. The van der Waals surface area contributed by atoms with Gasteiger partial charge in [0.2, 0.25) is 5.89 Å². The van der Waals surface area contributed by atoms with Gasteiger partial charge >= 0.3 is 7.12 Å². The van der Waals surface area contributed by atoms with Gasteiger partial charge in [0.25, 0.3) is 0 Å². The minimum atomic E-state index is -0.428. The Hall–Kier alpha value is -3.87. The third-order valence-electron chi connectivity index (χ3n) is 7.87. The molecule has 0 N–H and O–H groups in total. The van der Waals surface area contributed by atoms with Gasteiger partial charge in [-0.05, 0) is 75.6 Å². The molecule has 0 unspecified atom stereocenters. The number of hydrogen-bond donors (Lipinski definition) is 0. The quantitative estimate of drug-likeness (QED) is 0.256. The van der Waals surface area contributed by atoms with Gasteiger partial charge in [-0.2, -0.15) is 0 Å². The molecular formula is C31H27BN2O3. The molecule has 1 aliphatic heterocycles. The van der Waals surface area contributed by atoms with E-state index >= 15 is 0 Å². The molecule has 5 nitrogen and oxygen atoms in total. The Kier molecular flexibility index (Phi) is 4.72. The van der Waals surface area contributed by atoms with E-state index in [1.165, 1.54) is 0 Å². The molecule has 0 atom stereocenters. The van der Waals surface area contributed by atoms with E-state index in [4.69, 9.17) is 18.7 Å². The molecule has 6 aromatic rings. The van der Waals surface area contributed by atoms with Crippen LogP contribution < -0.4 is 5.46 Å². The third kappa shape index (κ3) is 3.36. The second kappa shape index (κ2) is 7.82. The lowest BCUT2D eigenvalue weighted by Gasteiger charge is -2.32. The maximum absolute atomic E-state index is 6.46. The first-order valence-corrected chi connectivity index (χ1v) is 12.7. The average molecular weight is 486 g/mol. The zero-order valence-electron chi connectivity index (χ0n) is 21.4. The van der Waals surface area contributed by atoms with Gasteiger partial charge in [-0.25, -0.2) is 4.98 Å². The standard InChI is InChI=1S/C31H27BN2O3/c1-30(2)31(3,4)37-32(36-30)21-15-18-26-24(19-21)23-16-17-25-28(27(23)34(26)22-13-9-6-10-14-22)35-29(33-25)20-11-7-5-8-12-20/h5-19H,1-4H3. The zero-order chi connectivity index (χ0) is 25.4. The normalized spacial score (nSPS) is 16.8. The Morgan fingerprint density at radius 1 is 0.730 bits per heavy atom.